The van der Waals surface area contributed by atoms with Gasteiger partial charge in [-0.25, -0.2) is 0 Å². The summed E-state index contributed by atoms with van der Waals surface area (Å²) in [5.74, 6) is 3.26. The van der Waals surface area contributed by atoms with Gasteiger partial charge in [-0.05, 0) is 43.5 Å². The van der Waals surface area contributed by atoms with E-state index in [9.17, 15) is 0 Å². The van der Waals surface area contributed by atoms with Gasteiger partial charge in [0, 0.05) is 11.8 Å². The highest BCUT2D eigenvalue weighted by molar-refractivity contribution is 7.99. The number of aryl methyl sites for hydroxylation is 1. The lowest BCUT2D eigenvalue weighted by Gasteiger charge is -2.19. The van der Waals surface area contributed by atoms with E-state index in [0.29, 0.717) is 6.04 Å². The van der Waals surface area contributed by atoms with Crippen molar-refractivity contribution in [3.8, 4) is 0 Å². The summed E-state index contributed by atoms with van der Waals surface area (Å²) in [6.45, 7) is 10.1. The first-order chi connectivity index (χ1) is 9.11. The molecule has 2 heteroatoms. The van der Waals surface area contributed by atoms with Gasteiger partial charge in [0.15, 0.2) is 0 Å². The van der Waals surface area contributed by atoms with E-state index in [4.69, 9.17) is 0 Å². The second-order valence-corrected chi connectivity index (χ2v) is 6.85. The predicted octanol–water partition coefficient (Wildman–Crippen LogP) is 4.29. The van der Waals surface area contributed by atoms with Crippen LogP contribution < -0.4 is 5.32 Å². The van der Waals surface area contributed by atoms with Crippen LogP contribution in [-0.4, -0.2) is 24.1 Å². The standard InChI is InChI=1S/C17H29NS/c1-5-10-18-17(13-19-12-14(2)3)11-16-8-6-15(4)7-9-16/h6-9,14,17-18H,5,10-13H2,1-4H3. The molecule has 0 fully saturated rings. The van der Waals surface area contributed by atoms with Gasteiger partial charge in [-0.15, -0.1) is 0 Å². The molecule has 0 bridgehead atoms. The quantitative estimate of drug-likeness (QED) is 0.723. The maximum atomic E-state index is 3.69. The van der Waals surface area contributed by atoms with Crippen LogP contribution in [0.15, 0.2) is 24.3 Å². The van der Waals surface area contributed by atoms with Crippen molar-refractivity contribution in [1.82, 2.24) is 5.32 Å². The Balaban J connectivity index is 2.45. The van der Waals surface area contributed by atoms with Crippen LogP contribution in [-0.2, 0) is 6.42 Å². The molecule has 0 aliphatic carbocycles. The maximum absolute atomic E-state index is 3.69. The molecule has 108 valence electrons. The van der Waals surface area contributed by atoms with E-state index in [2.05, 4.69) is 69.0 Å². The number of thioether (sulfide) groups is 1. The average Bonchev–Trinajstić information content (AvgIpc) is 2.38. The fraction of sp³-hybridized carbons (Fsp3) is 0.647. The Kier molecular flexibility index (Phi) is 8.24. The number of hydrogen-bond acceptors (Lipinski definition) is 2. The topological polar surface area (TPSA) is 12.0 Å². The summed E-state index contributed by atoms with van der Waals surface area (Å²) in [4.78, 5) is 0. The first-order valence-corrected chi connectivity index (χ1v) is 8.64. The molecule has 1 N–H and O–H groups in total. The first-order valence-electron chi connectivity index (χ1n) is 7.48. The van der Waals surface area contributed by atoms with Crippen LogP contribution >= 0.6 is 11.8 Å². The minimum atomic E-state index is 0.603. The minimum absolute atomic E-state index is 0.603. The van der Waals surface area contributed by atoms with Crippen LogP contribution in [0.2, 0.25) is 0 Å². The van der Waals surface area contributed by atoms with Crippen LogP contribution in [0, 0.1) is 12.8 Å². The van der Waals surface area contributed by atoms with Crippen molar-refractivity contribution in [3.63, 3.8) is 0 Å². The Morgan fingerprint density at radius 2 is 1.79 bits per heavy atom. The minimum Gasteiger partial charge on any atom is -0.313 e. The summed E-state index contributed by atoms with van der Waals surface area (Å²) in [6.07, 6.45) is 2.35. The first kappa shape index (κ1) is 16.6. The Labute approximate surface area is 123 Å². The van der Waals surface area contributed by atoms with Crippen molar-refractivity contribution < 1.29 is 0 Å². The van der Waals surface area contributed by atoms with E-state index < -0.39 is 0 Å². The van der Waals surface area contributed by atoms with Crippen molar-refractivity contribution in [2.45, 2.75) is 46.6 Å². The van der Waals surface area contributed by atoms with Gasteiger partial charge in [0.25, 0.3) is 0 Å². The van der Waals surface area contributed by atoms with Gasteiger partial charge in [0.2, 0.25) is 0 Å². The SMILES string of the molecule is CCCNC(CSCC(C)C)Cc1ccc(C)cc1. The summed E-state index contributed by atoms with van der Waals surface area (Å²) < 4.78 is 0. The molecule has 0 amide bonds. The molecule has 0 aliphatic heterocycles. The highest BCUT2D eigenvalue weighted by Crippen LogP contribution is 2.13. The van der Waals surface area contributed by atoms with Gasteiger partial charge < -0.3 is 5.32 Å². The molecule has 0 radical (unpaired) electrons. The molecular formula is C17H29NS. The fourth-order valence-electron chi connectivity index (χ4n) is 1.99. The van der Waals surface area contributed by atoms with Crippen molar-refractivity contribution in [2.24, 2.45) is 5.92 Å². The molecule has 0 saturated heterocycles. The Morgan fingerprint density at radius 1 is 1.11 bits per heavy atom. The van der Waals surface area contributed by atoms with Gasteiger partial charge in [-0.1, -0.05) is 50.6 Å². The number of benzene rings is 1. The summed E-state index contributed by atoms with van der Waals surface area (Å²) in [7, 11) is 0. The molecule has 0 aromatic heterocycles. The second kappa shape index (κ2) is 9.44. The van der Waals surface area contributed by atoms with Crippen LogP contribution in [0.1, 0.15) is 38.3 Å². The van der Waals surface area contributed by atoms with Gasteiger partial charge in [-0.2, -0.15) is 11.8 Å². The second-order valence-electron chi connectivity index (χ2n) is 5.77. The number of rotatable bonds is 9. The van der Waals surface area contributed by atoms with E-state index in [1.54, 1.807) is 0 Å². The molecule has 0 heterocycles. The number of hydrogen-bond donors (Lipinski definition) is 1. The summed E-state index contributed by atoms with van der Waals surface area (Å²) >= 11 is 2.08. The molecule has 1 nitrogen and oxygen atoms in total. The summed E-state index contributed by atoms with van der Waals surface area (Å²) in [5.41, 5.74) is 2.79. The zero-order chi connectivity index (χ0) is 14.1. The Morgan fingerprint density at radius 3 is 2.37 bits per heavy atom. The molecule has 1 atom stereocenters. The molecule has 19 heavy (non-hydrogen) atoms. The summed E-state index contributed by atoms with van der Waals surface area (Å²) in [6, 6.07) is 9.57. The van der Waals surface area contributed by atoms with E-state index in [0.717, 1.165) is 18.9 Å². The van der Waals surface area contributed by atoms with Crippen molar-refractivity contribution in [3.05, 3.63) is 35.4 Å². The molecule has 1 aromatic carbocycles. The van der Waals surface area contributed by atoms with E-state index in [1.807, 2.05) is 0 Å². The van der Waals surface area contributed by atoms with Gasteiger partial charge >= 0.3 is 0 Å². The Bertz CT molecular complexity index is 332. The monoisotopic (exact) mass is 279 g/mol. The van der Waals surface area contributed by atoms with Crippen LogP contribution in [0.25, 0.3) is 0 Å². The molecule has 0 spiro atoms. The highest BCUT2D eigenvalue weighted by atomic mass is 32.2. The van der Waals surface area contributed by atoms with E-state index in [-0.39, 0.29) is 0 Å². The molecule has 1 aromatic rings. The fourth-order valence-corrected chi connectivity index (χ4v) is 3.12. The van der Waals surface area contributed by atoms with Crippen LogP contribution in [0.3, 0.4) is 0 Å². The maximum Gasteiger partial charge on any atom is 0.0198 e. The Hall–Kier alpha value is -0.470. The molecule has 0 saturated carbocycles. The summed E-state index contributed by atoms with van der Waals surface area (Å²) in [5, 5.41) is 3.69. The number of nitrogens with one attached hydrogen (secondary N) is 1. The van der Waals surface area contributed by atoms with Gasteiger partial charge in [0.1, 0.15) is 0 Å². The normalized spacial score (nSPS) is 12.9. The zero-order valence-corrected chi connectivity index (χ0v) is 13.7. The molecule has 0 aliphatic rings. The van der Waals surface area contributed by atoms with E-state index in [1.165, 1.54) is 29.1 Å². The molecular weight excluding hydrogens is 250 g/mol. The third-order valence-electron chi connectivity index (χ3n) is 3.06. The van der Waals surface area contributed by atoms with Gasteiger partial charge in [-0.3, -0.25) is 0 Å². The molecule has 1 rings (SSSR count). The lowest BCUT2D eigenvalue weighted by atomic mass is 10.1. The predicted molar refractivity (Wildman–Crippen MR) is 89.1 cm³/mol. The zero-order valence-electron chi connectivity index (χ0n) is 12.9. The lowest BCUT2D eigenvalue weighted by Crippen LogP contribution is -2.34. The van der Waals surface area contributed by atoms with Crippen molar-refractivity contribution >= 4 is 11.8 Å². The van der Waals surface area contributed by atoms with E-state index >= 15 is 0 Å². The largest absolute Gasteiger partial charge is 0.313 e. The highest BCUT2D eigenvalue weighted by Gasteiger charge is 2.09. The average molecular weight is 279 g/mol. The smallest absolute Gasteiger partial charge is 0.0198 e. The third-order valence-corrected chi connectivity index (χ3v) is 4.60. The lowest BCUT2D eigenvalue weighted by molar-refractivity contribution is 0.549. The molecule has 1 unspecified atom stereocenters. The van der Waals surface area contributed by atoms with Crippen molar-refractivity contribution in [2.75, 3.05) is 18.1 Å². The van der Waals surface area contributed by atoms with Crippen LogP contribution in [0.4, 0.5) is 0 Å². The van der Waals surface area contributed by atoms with Crippen LogP contribution in [0.5, 0.6) is 0 Å². The van der Waals surface area contributed by atoms with Gasteiger partial charge in [0.05, 0.1) is 0 Å². The third kappa shape index (κ3) is 7.64. The van der Waals surface area contributed by atoms with Crippen molar-refractivity contribution in [1.29, 1.82) is 0 Å².